The van der Waals surface area contributed by atoms with Crippen molar-refractivity contribution in [1.82, 2.24) is 24.6 Å². The molecule has 28 heavy (non-hydrogen) atoms. The van der Waals surface area contributed by atoms with E-state index < -0.39 is 0 Å². The minimum atomic E-state index is -0.0869. The van der Waals surface area contributed by atoms with Gasteiger partial charge in [-0.05, 0) is 52.3 Å². The topological polar surface area (TPSA) is 76.4 Å². The zero-order valence-corrected chi connectivity index (χ0v) is 16.9. The van der Waals surface area contributed by atoms with Crippen LogP contribution in [-0.4, -0.2) is 63.8 Å². The SMILES string of the molecule is COc1ccc(N2CCN(C(=O)c3nc(-n4cnnc4)ccc3Br)CC2)cc1. The number of hydrogen-bond donors (Lipinski definition) is 0. The number of methoxy groups -OCH3 is 1. The van der Waals surface area contributed by atoms with Gasteiger partial charge < -0.3 is 14.5 Å². The van der Waals surface area contributed by atoms with Crippen molar-refractivity contribution in [2.75, 3.05) is 38.2 Å². The Morgan fingerprint density at radius 1 is 1.00 bits per heavy atom. The molecule has 1 aliphatic heterocycles. The van der Waals surface area contributed by atoms with E-state index in [-0.39, 0.29) is 5.91 Å². The second kappa shape index (κ2) is 7.97. The Kier molecular flexibility index (Phi) is 5.25. The van der Waals surface area contributed by atoms with E-state index in [9.17, 15) is 4.79 Å². The normalized spacial score (nSPS) is 14.2. The molecule has 3 aromatic rings. The van der Waals surface area contributed by atoms with Crippen molar-refractivity contribution >= 4 is 27.5 Å². The van der Waals surface area contributed by atoms with E-state index >= 15 is 0 Å². The monoisotopic (exact) mass is 442 g/mol. The Labute approximate surface area is 170 Å². The maximum absolute atomic E-state index is 13.0. The summed E-state index contributed by atoms with van der Waals surface area (Å²) in [6.45, 7) is 2.80. The quantitative estimate of drug-likeness (QED) is 0.617. The molecule has 0 saturated carbocycles. The van der Waals surface area contributed by atoms with Gasteiger partial charge >= 0.3 is 0 Å². The van der Waals surface area contributed by atoms with Crippen molar-refractivity contribution in [1.29, 1.82) is 0 Å². The summed E-state index contributed by atoms with van der Waals surface area (Å²) in [6, 6.07) is 11.6. The number of carbonyl (C=O) groups excluding carboxylic acids is 1. The fourth-order valence-corrected chi connectivity index (χ4v) is 3.55. The van der Waals surface area contributed by atoms with E-state index in [1.807, 2.05) is 41.3 Å². The van der Waals surface area contributed by atoms with Gasteiger partial charge in [-0.25, -0.2) is 4.98 Å². The Bertz CT molecular complexity index is 953. The van der Waals surface area contributed by atoms with E-state index in [1.54, 1.807) is 24.3 Å². The van der Waals surface area contributed by atoms with Crippen LogP contribution in [0.1, 0.15) is 10.5 Å². The Hall–Kier alpha value is -2.94. The Morgan fingerprint density at radius 2 is 1.68 bits per heavy atom. The van der Waals surface area contributed by atoms with Gasteiger partial charge in [0.15, 0.2) is 0 Å². The number of piperazine rings is 1. The molecule has 1 amide bonds. The summed E-state index contributed by atoms with van der Waals surface area (Å²) in [5.41, 5.74) is 1.52. The molecule has 1 saturated heterocycles. The Balaban J connectivity index is 1.46. The number of hydrogen-bond acceptors (Lipinski definition) is 6. The first-order valence-electron chi connectivity index (χ1n) is 8.85. The van der Waals surface area contributed by atoms with E-state index in [2.05, 4.69) is 36.0 Å². The second-order valence-electron chi connectivity index (χ2n) is 6.35. The number of aromatic nitrogens is 4. The van der Waals surface area contributed by atoms with Crippen LogP contribution in [0.2, 0.25) is 0 Å². The lowest BCUT2D eigenvalue weighted by Crippen LogP contribution is -2.49. The first-order valence-corrected chi connectivity index (χ1v) is 9.65. The molecule has 9 heteroatoms. The molecule has 0 N–H and O–H groups in total. The van der Waals surface area contributed by atoms with Crippen LogP contribution in [0.25, 0.3) is 5.82 Å². The lowest BCUT2D eigenvalue weighted by molar-refractivity contribution is 0.0740. The lowest BCUT2D eigenvalue weighted by Gasteiger charge is -2.36. The summed E-state index contributed by atoms with van der Waals surface area (Å²) in [4.78, 5) is 21.6. The summed E-state index contributed by atoms with van der Waals surface area (Å²) in [6.07, 6.45) is 3.11. The number of anilines is 1. The van der Waals surface area contributed by atoms with E-state index in [1.165, 1.54) is 0 Å². The molecule has 1 fully saturated rings. The second-order valence-corrected chi connectivity index (χ2v) is 7.20. The molecule has 0 atom stereocenters. The lowest BCUT2D eigenvalue weighted by atomic mass is 10.2. The number of halogens is 1. The Morgan fingerprint density at radius 3 is 2.32 bits per heavy atom. The fourth-order valence-electron chi connectivity index (χ4n) is 3.16. The molecule has 0 aliphatic carbocycles. The van der Waals surface area contributed by atoms with Gasteiger partial charge in [0.2, 0.25) is 0 Å². The minimum absolute atomic E-state index is 0.0869. The van der Waals surface area contributed by atoms with Gasteiger partial charge in [0.1, 0.15) is 29.9 Å². The van der Waals surface area contributed by atoms with Gasteiger partial charge in [-0.3, -0.25) is 9.36 Å². The standard InChI is InChI=1S/C19H19BrN6O2/c1-28-15-4-2-14(3-5-15)24-8-10-25(11-9-24)19(27)18-16(20)6-7-17(23-18)26-12-21-22-13-26/h2-7,12-13H,8-11H2,1H3. The first-order chi connectivity index (χ1) is 13.7. The highest BCUT2D eigenvalue weighted by molar-refractivity contribution is 9.10. The zero-order valence-electron chi connectivity index (χ0n) is 15.3. The van der Waals surface area contributed by atoms with Gasteiger partial charge in [0, 0.05) is 36.3 Å². The summed E-state index contributed by atoms with van der Waals surface area (Å²) < 4.78 is 7.55. The number of carbonyl (C=O) groups is 1. The molecule has 0 radical (unpaired) electrons. The maximum Gasteiger partial charge on any atom is 0.273 e. The number of pyridine rings is 1. The first kappa shape index (κ1) is 18.4. The highest BCUT2D eigenvalue weighted by Crippen LogP contribution is 2.23. The van der Waals surface area contributed by atoms with Crippen LogP contribution in [0, 0.1) is 0 Å². The van der Waals surface area contributed by atoms with Crippen molar-refractivity contribution in [2.45, 2.75) is 0 Å². The number of benzene rings is 1. The van der Waals surface area contributed by atoms with Crippen molar-refractivity contribution in [3.8, 4) is 11.6 Å². The number of rotatable bonds is 4. The van der Waals surface area contributed by atoms with Crippen molar-refractivity contribution in [2.24, 2.45) is 0 Å². The molecule has 144 valence electrons. The van der Waals surface area contributed by atoms with Crippen LogP contribution in [0.4, 0.5) is 5.69 Å². The van der Waals surface area contributed by atoms with Crippen LogP contribution in [0.3, 0.4) is 0 Å². The molecular formula is C19H19BrN6O2. The molecular weight excluding hydrogens is 424 g/mol. The molecule has 1 aromatic carbocycles. The number of amides is 1. The summed E-state index contributed by atoms with van der Waals surface area (Å²) in [7, 11) is 1.66. The predicted molar refractivity (Wildman–Crippen MR) is 108 cm³/mol. The summed E-state index contributed by atoms with van der Waals surface area (Å²) in [5.74, 6) is 1.35. The van der Waals surface area contributed by atoms with E-state index in [0.29, 0.717) is 29.1 Å². The predicted octanol–water partition coefficient (Wildman–Crippen LogP) is 2.40. The number of nitrogens with zero attached hydrogens (tertiary/aromatic N) is 6. The van der Waals surface area contributed by atoms with Gasteiger partial charge in [0.25, 0.3) is 5.91 Å². The zero-order chi connectivity index (χ0) is 19.5. The molecule has 3 heterocycles. The highest BCUT2D eigenvalue weighted by atomic mass is 79.9. The van der Waals surface area contributed by atoms with Crippen molar-refractivity contribution in [3.05, 3.63) is 59.2 Å². The van der Waals surface area contributed by atoms with Gasteiger partial charge in [-0.1, -0.05) is 0 Å². The van der Waals surface area contributed by atoms with Crippen LogP contribution < -0.4 is 9.64 Å². The summed E-state index contributed by atoms with van der Waals surface area (Å²) in [5, 5.41) is 7.57. The van der Waals surface area contributed by atoms with Crippen LogP contribution in [-0.2, 0) is 0 Å². The average Bonchev–Trinajstić information content (AvgIpc) is 3.29. The average molecular weight is 443 g/mol. The highest BCUT2D eigenvalue weighted by Gasteiger charge is 2.25. The maximum atomic E-state index is 13.0. The van der Waals surface area contributed by atoms with E-state index in [0.717, 1.165) is 24.5 Å². The molecule has 8 nitrogen and oxygen atoms in total. The van der Waals surface area contributed by atoms with Gasteiger partial charge in [-0.2, -0.15) is 0 Å². The molecule has 0 bridgehead atoms. The largest absolute Gasteiger partial charge is 0.497 e. The molecule has 4 rings (SSSR count). The fraction of sp³-hybridized carbons (Fsp3) is 0.263. The third-order valence-corrected chi connectivity index (χ3v) is 5.36. The van der Waals surface area contributed by atoms with Crippen molar-refractivity contribution in [3.63, 3.8) is 0 Å². The molecule has 0 spiro atoms. The van der Waals surface area contributed by atoms with Crippen LogP contribution >= 0.6 is 15.9 Å². The third-order valence-electron chi connectivity index (χ3n) is 4.72. The van der Waals surface area contributed by atoms with Crippen molar-refractivity contribution < 1.29 is 9.53 Å². The molecule has 2 aromatic heterocycles. The molecule has 0 unspecified atom stereocenters. The number of ether oxygens (including phenoxy) is 1. The third kappa shape index (κ3) is 3.70. The minimum Gasteiger partial charge on any atom is -0.497 e. The summed E-state index contributed by atoms with van der Waals surface area (Å²) >= 11 is 3.45. The smallest absolute Gasteiger partial charge is 0.273 e. The van der Waals surface area contributed by atoms with Gasteiger partial charge in [0.05, 0.1) is 7.11 Å². The molecule has 1 aliphatic rings. The van der Waals surface area contributed by atoms with Crippen LogP contribution in [0.5, 0.6) is 5.75 Å². The van der Waals surface area contributed by atoms with Crippen LogP contribution in [0.15, 0.2) is 53.5 Å². The van der Waals surface area contributed by atoms with Gasteiger partial charge in [-0.15, -0.1) is 10.2 Å². The van der Waals surface area contributed by atoms with E-state index in [4.69, 9.17) is 4.74 Å².